The normalized spacial score (nSPS) is 17.2. The summed E-state index contributed by atoms with van der Waals surface area (Å²) < 4.78 is 13.7. The van der Waals surface area contributed by atoms with Gasteiger partial charge in [-0.15, -0.1) is 0 Å². The first-order valence-electron chi connectivity index (χ1n) is 6.89. The number of hydrogen-bond donors (Lipinski definition) is 1. The maximum atomic E-state index is 13.7. The number of carbonyl (C=O) groups excluding carboxylic acids is 1. The molecule has 119 valence electrons. The van der Waals surface area contributed by atoms with Crippen LogP contribution in [0.5, 0.6) is 0 Å². The minimum absolute atomic E-state index is 0.0268. The Balaban J connectivity index is 1.75. The number of anilines is 1. The van der Waals surface area contributed by atoms with Crippen molar-refractivity contribution in [1.29, 1.82) is 0 Å². The Bertz CT molecular complexity index is 743. The van der Waals surface area contributed by atoms with Crippen molar-refractivity contribution >= 4 is 29.0 Å². The van der Waals surface area contributed by atoms with Gasteiger partial charge in [0.15, 0.2) is 11.9 Å². The summed E-state index contributed by atoms with van der Waals surface area (Å²) in [5.41, 5.74) is 0.239. The molecule has 6 nitrogen and oxygen atoms in total. The number of rotatable bonds is 3. The molecule has 1 aromatic carbocycles. The predicted octanol–water partition coefficient (Wildman–Crippen LogP) is 2.07. The number of fused-ring (bicyclic) bond motifs is 1. The van der Waals surface area contributed by atoms with E-state index in [1.165, 1.54) is 18.2 Å². The SMILES string of the molecule is CN(C)N1C=CC2=NC(C(=O)Nc3cc(Cl)ccc3F)=C[N+]2C1. The van der Waals surface area contributed by atoms with Crippen LogP contribution in [0, 0.1) is 5.82 Å². The first kappa shape index (κ1) is 15.7. The zero-order valence-corrected chi connectivity index (χ0v) is 13.4. The molecule has 0 aliphatic carbocycles. The Labute approximate surface area is 138 Å². The van der Waals surface area contributed by atoms with E-state index in [0.29, 0.717) is 17.5 Å². The lowest BCUT2D eigenvalue weighted by atomic mass is 10.3. The van der Waals surface area contributed by atoms with E-state index < -0.39 is 11.7 Å². The lowest BCUT2D eigenvalue weighted by Crippen LogP contribution is -2.47. The standard InChI is InChI=1S/C15H15ClFN5O/c1-20(2)22-6-5-14-18-13(8-21(14)9-22)15(23)19-12-7-10(16)3-4-11(12)17/h3-8H,9H2,1-2H3,(H,19,23)/q+1. The lowest BCUT2D eigenvalue weighted by Gasteiger charge is -2.27. The van der Waals surface area contributed by atoms with Gasteiger partial charge in [-0.3, -0.25) is 9.80 Å². The minimum Gasteiger partial charge on any atom is -0.318 e. The molecule has 0 spiro atoms. The molecule has 23 heavy (non-hydrogen) atoms. The maximum Gasteiger partial charge on any atom is 0.285 e. The first-order valence-corrected chi connectivity index (χ1v) is 7.27. The van der Waals surface area contributed by atoms with Gasteiger partial charge in [-0.05, 0) is 18.2 Å². The van der Waals surface area contributed by atoms with E-state index in [0.717, 1.165) is 0 Å². The van der Waals surface area contributed by atoms with Gasteiger partial charge in [0, 0.05) is 31.4 Å². The summed E-state index contributed by atoms with van der Waals surface area (Å²) in [4.78, 5) is 18.4. The summed E-state index contributed by atoms with van der Waals surface area (Å²) in [6.45, 7) is 0.546. The molecule has 1 N–H and O–H groups in total. The van der Waals surface area contributed by atoms with Gasteiger partial charge < -0.3 is 5.32 Å². The zero-order chi connectivity index (χ0) is 16.6. The third kappa shape index (κ3) is 3.26. The van der Waals surface area contributed by atoms with Gasteiger partial charge in [-0.25, -0.2) is 9.40 Å². The van der Waals surface area contributed by atoms with Crippen molar-refractivity contribution in [3.63, 3.8) is 0 Å². The lowest BCUT2D eigenvalue weighted by molar-refractivity contribution is -0.112. The summed E-state index contributed by atoms with van der Waals surface area (Å²) in [5.74, 6) is -0.372. The number of aliphatic imine (C=N–C) groups is 1. The summed E-state index contributed by atoms with van der Waals surface area (Å²) in [6.07, 6.45) is 5.31. The highest BCUT2D eigenvalue weighted by atomic mass is 35.5. The van der Waals surface area contributed by atoms with Gasteiger partial charge in [0.25, 0.3) is 11.7 Å². The van der Waals surface area contributed by atoms with E-state index in [2.05, 4.69) is 10.3 Å². The van der Waals surface area contributed by atoms with E-state index in [4.69, 9.17) is 11.6 Å². The quantitative estimate of drug-likeness (QED) is 0.860. The first-order chi connectivity index (χ1) is 10.9. The summed E-state index contributed by atoms with van der Waals surface area (Å²) in [5, 5.41) is 6.70. The van der Waals surface area contributed by atoms with Crippen LogP contribution in [0.2, 0.25) is 5.02 Å². The van der Waals surface area contributed by atoms with Crippen LogP contribution < -0.4 is 10.2 Å². The van der Waals surface area contributed by atoms with Crippen LogP contribution in [0.15, 0.2) is 47.4 Å². The highest BCUT2D eigenvalue weighted by Crippen LogP contribution is 2.22. The number of amides is 1. The van der Waals surface area contributed by atoms with Crippen molar-refractivity contribution in [3.05, 3.63) is 53.2 Å². The van der Waals surface area contributed by atoms with E-state index in [1.807, 2.05) is 35.2 Å². The van der Waals surface area contributed by atoms with Crippen LogP contribution >= 0.6 is 11.6 Å². The topological polar surface area (TPSA) is 53.8 Å². The number of benzene rings is 1. The average Bonchev–Trinajstić information content (AvgIpc) is 2.94. The van der Waals surface area contributed by atoms with Gasteiger partial charge in [0.2, 0.25) is 6.67 Å². The minimum atomic E-state index is -0.551. The van der Waals surface area contributed by atoms with Gasteiger partial charge in [0.1, 0.15) is 5.82 Å². The molecule has 2 heterocycles. The molecule has 1 radical (unpaired) electrons. The highest BCUT2D eigenvalue weighted by Gasteiger charge is 2.35. The monoisotopic (exact) mass is 335 g/mol. The Morgan fingerprint density at radius 3 is 3.00 bits per heavy atom. The number of carbonyl (C=O) groups is 1. The van der Waals surface area contributed by atoms with Crippen LogP contribution in [-0.4, -0.2) is 42.5 Å². The Kier molecular flexibility index (Phi) is 4.16. The van der Waals surface area contributed by atoms with Crippen LogP contribution in [0.3, 0.4) is 0 Å². The average molecular weight is 336 g/mol. The second-order valence-electron chi connectivity index (χ2n) is 5.28. The van der Waals surface area contributed by atoms with Crippen molar-refractivity contribution in [2.24, 2.45) is 4.99 Å². The van der Waals surface area contributed by atoms with Gasteiger partial charge >= 0.3 is 0 Å². The number of hydrazine groups is 1. The predicted molar refractivity (Wildman–Crippen MR) is 87.2 cm³/mol. The smallest absolute Gasteiger partial charge is 0.285 e. The molecular formula is C15H15ClFN5O+. The molecule has 0 saturated heterocycles. The Morgan fingerprint density at radius 2 is 2.26 bits per heavy atom. The second kappa shape index (κ2) is 6.11. The molecule has 1 aromatic rings. The van der Waals surface area contributed by atoms with Crippen molar-refractivity contribution in [2.45, 2.75) is 0 Å². The van der Waals surface area contributed by atoms with Crippen molar-refractivity contribution < 1.29 is 9.18 Å². The maximum absolute atomic E-state index is 13.7. The van der Waals surface area contributed by atoms with Crippen LogP contribution in [0.1, 0.15) is 0 Å². The van der Waals surface area contributed by atoms with Crippen LogP contribution in [0.25, 0.3) is 0 Å². The van der Waals surface area contributed by atoms with E-state index in [-0.39, 0.29) is 11.4 Å². The van der Waals surface area contributed by atoms with Crippen molar-refractivity contribution in [3.8, 4) is 0 Å². The Morgan fingerprint density at radius 1 is 1.48 bits per heavy atom. The van der Waals surface area contributed by atoms with E-state index >= 15 is 0 Å². The molecular weight excluding hydrogens is 321 g/mol. The molecule has 0 atom stereocenters. The molecule has 3 rings (SSSR count). The van der Waals surface area contributed by atoms with E-state index in [9.17, 15) is 9.18 Å². The van der Waals surface area contributed by atoms with Gasteiger partial charge in [-0.1, -0.05) is 16.5 Å². The fourth-order valence-electron chi connectivity index (χ4n) is 2.18. The molecule has 0 aromatic heterocycles. The highest BCUT2D eigenvalue weighted by molar-refractivity contribution is 6.31. The number of halogens is 2. The molecule has 0 unspecified atom stereocenters. The number of hydrogen-bond acceptors (Lipinski definition) is 5. The van der Waals surface area contributed by atoms with Crippen molar-refractivity contribution in [1.82, 2.24) is 14.9 Å². The van der Waals surface area contributed by atoms with Gasteiger partial charge in [0.05, 0.1) is 5.69 Å². The molecule has 1 amide bonds. The van der Waals surface area contributed by atoms with Crippen LogP contribution in [0.4, 0.5) is 10.1 Å². The number of nitrogens with one attached hydrogen (secondary N) is 1. The fourth-order valence-corrected chi connectivity index (χ4v) is 2.35. The third-order valence-electron chi connectivity index (χ3n) is 3.42. The van der Waals surface area contributed by atoms with Crippen LogP contribution in [-0.2, 0) is 4.79 Å². The molecule has 0 bridgehead atoms. The number of nitrogens with zero attached hydrogens (tertiary/aromatic N) is 4. The second-order valence-corrected chi connectivity index (χ2v) is 5.71. The number of amidine groups is 1. The molecule has 0 fully saturated rings. The molecule has 8 heteroatoms. The zero-order valence-electron chi connectivity index (χ0n) is 12.6. The molecule has 0 saturated carbocycles. The van der Waals surface area contributed by atoms with Crippen molar-refractivity contribution in [2.75, 3.05) is 26.1 Å². The molecule has 2 aliphatic rings. The largest absolute Gasteiger partial charge is 0.318 e. The Hall–Kier alpha value is -2.22. The fraction of sp³-hybridized carbons (Fsp3) is 0.200. The summed E-state index contributed by atoms with van der Waals surface area (Å²) in [7, 11) is 3.84. The van der Waals surface area contributed by atoms with E-state index in [1.54, 1.807) is 12.3 Å². The summed E-state index contributed by atoms with van der Waals surface area (Å²) >= 11 is 5.82. The summed E-state index contributed by atoms with van der Waals surface area (Å²) in [6, 6.07) is 3.98. The third-order valence-corrected chi connectivity index (χ3v) is 3.66. The van der Waals surface area contributed by atoms with Gasteiger partial charge in [-0.2, -0.15) is 4.99 Å². The molecule has 2 aliphatic heterocycles.